The van der Waals surface area contributed by atoms with E-state index in [0.717, 1.165) is 62.1 Å². The highest BCUT2D eigenvalue weighted by atomic mass is 19.3. The lowest BCUT2D eigenvalue weighted by Crippen LogP contribution is -2.53. The fourth-order valence-electron chi connectivity index (χ4n) is 10.1. The average molecular weight is 945 g/mol. The van der Waals surface area contributed by atoms with Crippen LogP contribution in [0.5, 0.6) is 0 Å². The normalized spacial score (nSPS) is 20.4. The van der Waals surface area contributed by atoms with Gasteiger partial charge in [0.1, 0.15) is 29.3 Å². The zero-order valence-electron chi connectivity index (χ0n) is 39.6. The number of halogens is 2. The van der Waals surface area contributed by atoms with Gasteiger partial charge < -0.3 is 44.6 Å². The number of aromatic nitrogens is 4. The third-order valence-electron chi connectivity index (χ3n) is 13.4. The third kappa shape index (κ3) is 9.87. The minimum Gasteiger partial charge on any atom is -0.453 e. The monoisotopic (exact) mass is 944 g/mol. The molecule has 2 aromatic heterocycles. The van der Waals surface area contributed by atoms with Crippen molar-refractivity contribution in [2.75, 3.05) is 26.8 Å². The lowest BCUT2D eigenvalue weighted by atomic mass is 9.91. The number of nitrogens with zero attached hydrogens (tertiary/aromatic N) is 4. The van der Waals surface area contributed by atoms with Gasteiger partial charge in [-0.25, -0.2) is 19.6 Å². The molecule has 0 radical (unpaired) electrons. The molecule has 69 heavy (non-hydrogen) atoms. The quantitative estimate of drug-likeness (QED) is 0.0928. The molecule has 3 aliphatic rings. The second-order valence-electron chi connectivity index (χ2n) is 19.6. The number of alkyl halides is 2. The van der Waals surface area contributed by atoms with Crippen molar-refractivity contribution in [3.8, 4) is 11.1 Å². The van der Waals surface area contributed by atoms with Gasteiger partial charge in [-0.1, -0.05) is 74.5 Å². The third-order valence-corrected chi connectivity index (χ3v) is 13.4. The molecule has 0 saturated carbocycles. The maximum atomic E-state index is 14.7. The second kappa shape index (κ2) is 19.3. The van der Waals surface area contributed by atoms with Crippen molar-refractivity contribution in [2.45, 2.75) is 96.7 Å². The second-order valence-corrected chi connectivity index (χ2v) is 19.6. The van der Waals surface area contributed by atoms with Gasteiger partial charge in [0, 0.05) is 35.7 Å². The van der Waals surface area contributed by atoms with Crippen molar-refractivity contribution in [2.24, 2.45) is 17.8 Å². The van der Waals surface area contributed by atoms with Crippen molar-refractivity contribution in [1.82, 2.24) is 40.4 Å². The Hall–Kier alpha value is -6.88. The molecule has 2 aliphatic heterocycles. The average Bonchev–Trinajstić information content (AvgIpc) is 4.16. The fourth-order valence-corrected chi connectivity index (χ4v) is 10.1. The summed E-state index contributed by atoms with van der Waals surface area (Å²) < 4.78 is 41.7. The lowest BCUT2D eigenvalue weighted by Gasteiger charge is -2.32. The molecular weight excluding hydrogens is 887 g/mol. The Kier molecular flexibility index (Phi) is 13.2. The van der Waals surface area contributed by atoms with Crippen LogP contribution in [0.25, 0.3) is 54.7 Å². The van der Waals surface area contributed by atoms with Crippen molar-refractivity contribution < 1.29 is 42.2 Å². The van der Waals surface area contributed by atoms with Crippen LogP contribution >= 0.6 is 0 Å². The number of likely N-dealkylation sites (tertiary alicyclic amines) is 2. The van der Waals surface area contributed by atoms with Gasteiger partial charge in [-0.3, -0.25) is 9.59 Å². The molecule has 0 bridgehead atoms. The molecule has 4 aromatic carbocycles. The maximum Gasteiger partial charge on any atom is 0.408 e. The summed E-state index contributed by atoms with van der Waals surface area (Å²) in [4.78, 5) is 74.2. The highest BCUT2D eigenvalue weighted by Gasteiger charge is 2.43. The van der Waals surface area contributed by atoms with E-state index in [-0.39, 0.29) is 42.8 Å². The van der Waals surface area contributed by atoms with Gasteiger partial charge in [0.15, 0.2) is 0 Å². The number of allylic oxidation sites excluding steroid dienone is 3. The van der Waals surface area contributed by atoms with Crippen LogP contribution in [0.3, 0.4) is 0 Å². The first-order valence-corrected chi connectivity index (χ1v) is 23.6. The van der Waals surface area contributed by atoms with Gasteiger partial charge in [0.2, 0.25) is 11.8 Å². The van der Waals surface area contributed by atoms with Crippen LogP contribution in [-0.2, 0) is 23.8 Å². The van der Waals surface area contributed by atoms with Crippen molar-refractivity contribution >= 4 is 67.6 Å². The Bertz CT molecular complexity index is 2990. The molecule has 0 spiro atoms. The molecule has 1 aliphatic carbocycles. The minimum atomic E-state index is -2.96. The van der Waals surface area contributed by atoms with Gasteiger partial charge in [-0.15, -0.1) is 0 Å². The van der Waals surface area contributed by atoms with Gasteiger partial charge in [-0.2, -0.15) is 8.78 Å². The number of rotatable bonds is 12. The van der Waals surface area contributed by atoms with Crippen LogP contribution in [0.1, 0.15) is 84.0 Å². The summed E-state index contributed by atoms with van der Waals surface area (Å²) in [5, 5.41) is 9.34. The number of imidazole rings is 2. The standard InChI is InChI=1S/C52H58F2N8O7/c1-28(2)41(59-50(65)67-6)47(63)61-22-10-13-39(61)45-55-37-20-16-33-24-31(14-18-35(33)43(37)57-45)32-15-19-36-34(25-32)17-21-38-44(36)58-46(56-38)40-23-29(27-68-49(53)54)26-62(40)48(64)42(30-11-8-7-9-12-30)60-51(66)69-52(3,4)5/h7-9,11,14-21,24-25,28-30,39-42,49H,10,12-13,22-23,26-27H2,1-6H3,(H,55,57)(H,56,58)(H,59,65)(H,60,66)/t29-,30?,39-,40-,41-,42+/m0/s1. The van der Waals surface area contributed by atoms with Crippen LogP contribution in [0.2, 0.25) is 0 Å². The minimum absolute atomic E-state index is 0.130. The molecular formula is C52H58F2N8O7. The van der Waals surface area contributed by atoms with E-state index < -0.39 is 48.4 Å². The number of amides is 4. The SMILES string of the molecule is COC(=O)N[C@H](C(=O)N1CCC[C@H]1c1nc2c(ccc3cc(-c4ccc5c(ccc6[nH]c([C@@H]7C[C@H](COC(F)F)CN7C(=O)[C@H](NC(=O)OC(C)(C)C)C7C=CC=CC7)nc65)c4)ccc32)[nH]1)C(C)C. The number of carbonyl (C=O) groups excluding carboxylic acids is 4. The first kappa shape index (κ1) is 47.2. The van der Waals surface area contributed by atoms with Crippen LogP contribution in [-0.4, -0.2) is 105 Å². The number of methoxy groups -OCH3 is 1. The Morgan fingerprint density at radius 3 is 2.01 bits per heavy atom. The number of nitrogens with one attached hydrogen (secondary N) is 4. The van der Waals surface area contributed by atoms with E-state index in [1.807, 2.05) is 67.3 Å². The molecule has 6 atom stereocenters. The molecule has 9 rings (SSSR count). The van der Waals surface area contributed by atoms with Gasteiger partial charge in [0.05, 0.1) is 47.9 Å². The topological polar surface area (TPSA) is 184 Å². The van der Waals surface area contributed by atoms with E-state index in [1.165, 1.54) is 7.11 Å². The molecule has 2 fully saturated rings. The number of aromatic amines is 2. The van der Waals surface area contributed by atoms with E-state index in [4.69, 9.17) is 24.2 Å². The summed E-state index contributed by atoms with van der Waals surface area (Å²) in [6.45, 7) is 6.51. The number of carbonyl (C=O) groups is 4. The maximum absolute atomic E-state index is 14.7. The van der Waals surface area contributed by atoms with Gasteiger partial charge >= 0.3 is 18.8 Å². The number of H-pyrrole nitrogens is 2. The summed E-state index contributed by atoms with van der Waals surface area (Å²) in [5.41, 5.74) is 4.33. The van der Waals surface area contributed by atoms with E-state index >= 15 is 0 Å². The molecule has 4 amide bonds. The highest BCUT2D eigenvalue weighted by Crippen LogP contribution is 2.40. The van der Waals surface area contributed by atoms with E-state index in [9.17, 15) is 28.0 Å². The van der Waals surface area contributed by atoms with E-state index in [2.05, 4.69) is 57.0 Å². The Labute approximate surface area is 398 Å². The zero-order valence-corrected chi connectivity index (χ0v) is 39.6. The zero-order chi connectivity index (χ0) is 48.7. The number of benzene rings is 4. The van der Waals surface area contributed by atoms with E-state index in [1.54, 1.807) is 25.7 Å². The Morgan fingerprint density at radius 1 is 0.812 bits per heavy atom. The molecule has 6 aromatic rings. The van der Waals surface area contributed by atoms with E-state index in [0.29, 0.717) is 36.6 Å². The van der Waals surface area contributed by atoms with Gasteiger partial charge in [-0.05, 0) is 98.5 Å². The summed E-state index contributed by atoms with van der Waals surface area (Å²) in [5.74, 6) is -0.232. The number of alkyl carbamates (subject to hydrolysis) is 2. The van der Waals surface area contributed by atoms with Crippen LogP contribution < -0.4 is 10.6 Å². The summed E-state index contributed by atoms with van der Waals surface area (Å²) >= 11 is 0. The first-order chi connectivity index (χ1) is 33.0. The smallest absolute Gasteiger partial charge is 0.408 e. The summed E-state index contributed by atoms with van der Waals surface area (Å²) in [6.07, 6.45) is 8.55. The predicted octanol–water partition coefficient (Wildman–Crippen LogP) is 9.61. The van der Waals surface area contributed by atoms with Crippen molar-refractivity contribution in [3.05, 3.63) is 96.6 Å². The molecule has 1 unspecified atom stereocenters. The first-order valence-electron chi connectivity index (χ1n) is 23.6. The summed E-state index contributed by atoms with van der Waals surface area (Å²) in [6, 6.07) is 17.9. The molecule has 15 nitrogen and oxygen atoms in total. The number of ether oxygens (including phenoxy) is 3. The number of hydrogen-bond acceptors (Lipinski definition) is 9. The molecule has 4 N–H and O–H groups in total. The fraction of sp³-hybridized carbons (Fsp3) is 0.423. The Morgan fingerprint density at radius 2 is 1.45 bits per heavy atom. The predicted molar refractivity (Wildman–Crippen MR) is 258 cm³/mol. The molecule has 362 valence electrons. The van der Waals surface area contributed by atoms with Crippen molar-refractivity contribution in [3.63, 3.8) is 0 Å². The molecule has 2 saturated heterocycles. The molecule has 4 heterocycles. The highest BCUT2D eigenvalue weighted by molar-refractivity contribution is 6.07. The van der Waals surface area contributed by atoms with Crippen LogP contribution in [0.4, 0.5) is 18.4 Å². The van der Waals surface area contributed by atoms with Crippen molar-refractivity contribution in [1.29, 1.82) is 0 Å². The summed E-state index contributed by atoms with van der Waals surface area (Å²) in [7, 11) is 1.28. The number of hydrogen-bond donors (Lipinski definition) is 4. The molecule has 17 heteroatoms. The lowest BCUT2D eigenvalue weighted by molar-refractivity contribution is -0.139. The Balaban J connectivity index is 0.984. The van der Waals surface area contributed by atoms with Gasteiger partial charge in [0.25, 0.3) is 0 Å². The number of fused-ring (bicyclic) bond motifs is 6. The largest absolute Gasteiger partial charge is 0.453 e. The van der Waals surface area contributed by atoms with Crippen LogP contribution in [0.15, 0.2) is 85.0 Å². The van der Waals surface area contributed by atoms with Crippen LogP contribution in [0, 0.1) is 17.8 Å².